The molecule has 0 radical (unpaired) electrons. The molecule has 1 aromatic rings. The summed E-state index contributed by atoms with van der Waals surface area (Å²) in [6, 6.07) is 6.73. The lowest BCUT2D eigenvalue weighted by Gasteiger charge is -2.07. The van der Waals surface area contributed by atoms with E-state index in [1.807, 2.05) is 20.8 Å². The highest BCUT2D eigenvalue weighted by molar-refractivity contribution is 7.89. The van der Waals surface area contributed by atoms with Crippen LogP contribution in [-0.4, -0.2) is 21.6 Å². The van der Waals surface area contributed by atoms with E-state index in [2.05, 4.69) is 4.72 Å². The summed E-state index contributed by atoms with van der Waals surface area (Å²) in [5, 5.41) is 0. The summed E-state index contributed by atoms with van der Waals surface area (Å²) in [7, 11) is -3.43. The predicted molar refractivity (Wildman–Crippen MR) is 71.8 cm³/mol. The topological polar surface area (TPSA) is 55.4 Å². The van der Waals surface area contributed by atoms with Crippen molar-refractivity contribution in [3.8, 4) is 0 Å². The summed E-state index contributed by atoms with van der Waals surface area (Å²) in [5.74, 6) is 0. The number of aryl methyl sites for hydroxylation is 1. The van der Waals surface area contributed by atoms with E-state index in [0.717, 1.165) is 11.1 Å². The van der Waals surface area contributed by atoms with Crippen molar-refractivity contribution in [1.82, 2.24) is 4.72 Å². The minimum atomic E-state index is -3.43. The van der Waals surface area contributed by atoms with Crippen LogP contribution >= 0.6 is 0 Å². The number of ether oxygens (including phenoxy) is 1. The Kier molecular flexibility index (Phi) is 5.37. The molecule has 0 aromatic heterocycles. The Labute approximate surface area is 109 Å². The maximum absolute atomic E-state index is 11.9. The van der Waals surface area contributed by atoms with Crippen molar-refractivity contribution in [2.75, 3.05) is 13.2 Å². The molecule has 1 aromatic carbocycles. The van der Waals surface area contributed by atoms with E-state index in [9.17, 15) is 8.42 Å². The zero-order chi connectivity index (χ0) is 13.6. The molecule has 0 atom stereocenters. The molecule has 100 valence electrons. The molecule has 4 nitrogen and oxygen atoms in total. The van der Waals surface area contributed by atoms with E-state index in [0.29, 0.717) is 6.61 Å². The monoisotopic (exact) mass is 269 g/mol. The third-order valence-corrected chi connectivity index (χ3v) is 3.64. The second-order valence-corrected chi connectivity index (χ2v) is 6.04. The fourth-order valence-electron chi connectivity index (χ4n) is 1.26. The number of rotatable bonds is 6. The van der Waals surface area contributed by atoms with Gasteiger partial charge in [0.05, 0.1) is 11.2 Å². The fourth-order valence-corrected chi connectivity index (χ4v) is 2.27. The van der Waals surface area contributed by atoms with Crippen molar-refractivity contribution in [2.24, 2.45) is 0 Å². The zero-order valence-electron chi connectivity index (χ0n) is 10.9. The van der Waals surface area contributed by atoms with Gasteiger partial charge >= 0.3 is 0 Å². The van der Waals surface area contributed by atoms with Crippen LogP contribution < -0.4 is 4.72 Å². The Bertz CT molecular complexity index is 500. The molecule has 0 fully saturated rings. The van der Waals surface area contributed by atoms with Crippen molar-refractivity contribution in [1.29, 1.82) is 0 Å². The average Bonchev–Trinajstić information content (AvgIpc) is 2.28. The van der Waals surface area contributed by atoms with E-state index in [1.165, 1.54) is 0 Å². The summed E-state index contributed by atoms with van der Waals surface area (Å²) in [5.41, 5.74) is 2.07. The average molecular weight is 269 g/mol. The van der Waals surface area contributed by atoms with Crippen molar-refractivity contribution in [2.45, 2.75) is 25.7 Å². The largest absolute Gasteiger partial charge is 0.500 e. The zero-order valence-corrected chi connectivity index (χ0v) is 11.8. The number of nitrogens with one attached hydrogen (secondary N) is 1. The molecular weight excluding hydrogens is 250 g/mol. The van der Waals surface area contributed by atoms with Crippen molar-refractivity contribution < 1.29 is 13.2 Å². The van der Waals surface area contributed by atoms with Gasteiger partial charge in [-0.3, -0.25) is 0 Å². The van der Waals surface area contributed by atoms with Crippen LogP contribution in [-0.2, 0) is 14.8 Å². The number of sulfonamides is 1. The second-order valence-electron chi connectivity index (χ2n) is 4.28. The van der Waals surface area contributed by atoms with Gasteiger partial charge in [0.2, 0.25) is 10.0 Å². The first-order valence-corrected chi connectivity index (χ1v) is 7.21. The summed E-state index contributed by atoms with van der Waals surface area (Å²) in [4.78, 5) is 0.273. The Morgan fingerprint density at radius 1 is 1.28 bits per heavy atom. The summed E-state index contributed by atoms with van der Waals surface area (Å²) in [6.07, 6.45) is 1.61. The van der Waals surface area contributed by atoms with Gasteiger partial charge in [-0.2, -0.15) is 0 Å². The van der Waals surface area contributed by atoms with Crippen LogP contribution in [0.4, 0.5) is 0 Å². The molecule has 0 amide bonds. The van der Waals surface area contributed by atoms with Gasteiger partial charge in [0.25, 0.3) is 0 Å². The molecular formula is C13H19NO3S. The molecule has 0 heterocycles. The van der Waals surface area contributed by atoms with Crippen LogP contribution in [0, 0.1) is 6.92 Å². The number of allylic oxidation sites excluding steroid dienone is 1. The van der Waals surface area contributed by atoms with E-state index in [1.54, 1.807) is 30.5 Å². The minimum absolute atomic E-state index is 0.250. The highest BCUT2D eigenvalue weighted by Crippen LogP contribution is 2.09. The van der Waals surface area contributed by atoms with Crippen LogP contribution in [0.2, 0.25) is 0 Å². The number of hydrogen-bond acceptors (Lipinski definition) is 3. The molecule has 0 spiro atoms. The number of benzene rings is 1. The Balaban J connectivity index is 2.50. The lowest BCUT2D eigenvalue weighted by molar-refractivity contribution is 0.252. The minimum Gasteiger partial charge on any atom is -0.500 e. The normalized spacial score (nSPS) is 11.1. The van der Waals surface area contributed by atoms with Gasteiger partial charge in [0, 0.05) is 6.54 Å². The van der Waals surface area contributed by atoms with E-state index >= 15 is 0 Å². The standard InChI is InChI=1S/C13H19NO3S/c1-11(2)10-17-9-8-14-18(15,16)13-6-4-12(3)5-7-13/h4-7,10,14H,8-9H2,1-3H3. The van der Waals surface area contributed by atoms with Crippen LogP contribution in [0.5, 0.6) is 0 Å². The predicted octanol–water partition coefficient (Wildman–Crippen LogP) is 2.21. The first kappa shape index (κ1) is 14.7. The van der Waals surface area contributed by atoms with Crippen molar-refractivity contribution >= 4 is 10.0 Å². The second kappa shape index (κ2) is 6.56. The van der Waals surface area contributed by atoms with Gasteiger partial charge in [-0.25, -0.2) is 13.1 Å². The van der Waals surface area contributed by atoms with Gasteiger partial charge in [-0.15, -0.1) is 0 Å². The molecule has 0 saturated heterocycles. The molecule has 0 saturated carbocycles. The smallest absolute Gasteiger partial charge is 0.240 e. The van der Waals surface area contributed by atoms with E-state index in [4.69, 9.17) is 4.74 Å². The van der Waals surface area contributed by atoms with Crippen LogP contribution in [0.1, 0.15) is 19.4 Å². The van der Waals surface area contributed by atoms with E-state index < -0.39 is 10.0 Å². The van der Waals surface area contributed by atoms with Gasteiger partial charge in [0.1, 0.15) is 6.61 Å². The molecule has 0 bridgehead atoms. The molecule has 1 N–H and O–H groups in total. The third kappa shape index (κ3) is 4.89. The lowest BCUT2D eigenvalue weighted by atomic mass is 10.2. The van der Waals surface area contributed by atoms with Gasteiger partial charge in [-0.05, 0) is 38.5 Å². The SMILES string of the molecule is CC(C)=COCCNS(=O)(=O)c1ccc(C)cc1. The fraction of sp³-hybridized carbons (Fsp3) is 0.385. The molecule has 0 aliphatic rings. The number of hydrogen-bond donors (Lipinski definition) is 1. The van der Waals surface area contributed by atoms with E-state index in [-0.39, 0.29) is 11.4 Å². The highest BCUT2D eigenvalue weighted by atomic mass is 32.2. The molecule has 5 heteroatoms. The Morgan fingerprint density at radius 2 is 1.89 bits per heavy atom. The van der Waals surface area contributed by atoms with Crippen LogP contribution in [0.3, 0.4) is 0 Å². The Hall–Kier alpha value is -1.33. The molecule has 0 aliphatic heterocycles. The van der Waals surface area contributed by atoms with Gasteiger partial charge in [-0.1, -0.05) is 17.7 Å². The first-order valence-electron chi connectivity index (χ1n) is 5.73. The Morgan fingerprint density at radius 3 is 2.44 bits per heavy atom. The lowest BCUT2D eigenvalue weighted by Crippen LogP contribution is -2.27. The summed E-state index contributed by atoms with van der Waals surface area (Å²) in [6.45, 7) is 6.31. The van der Waals surface area contributed by atoms with Crippen molar-refractivity contribution in [3.05, 3.63) is 41.7 Å². The maximum Gasteiger partial charge on any atom is 0.240 e. The highest BCUT2D eigenvalue weighted by Gasteiger charge is 2.12. The van der Waals surface area contributed by atoms with Crippen molar-refractivity contribution in [3.63, 3.8) is 0 Å². The molecule has 0 aliphatic carbocycles. The maximum atomic E-state index is 11.9. The van der Waals surface area contributed by atoms with Gasteiger partial charge < -0.3 is 4.74 Å². The molecule has 0 unspecified atom stereocenters. The third-order valence-electron chi connectivity index (χ3n) is 2.16. The van der Waals surface area contributed by atoms with Crippen LogP contribution in [0.15, 0.2) is 41.0 Å². The quantitative estimate of drug-likeness (QED) is 0.636. The van der Waals surface area contributed by atoms with Crippen LogP contribution in [0.25, 0.3) is 0 Å². The summed E-state index contributed by atoms with van der Waals surface area (Å²) < 4.78 is 31.4. The molecule has 1 rings (SSSR count). The molecule has 18 heavy (non-hydrogen) atoms. The van der Waals surface area contributed by atoms with Gasteiger partial charge in [0.15, 0.2) is 0 Å². The summed E-state index contributed by atoms with van der Waals surface area (Å²) >= 11 is 0. The first-order chi connectivity index (χ1) is 8.42.